The number of carbonyl (C=O) groups excluding carboxylic acids is 3. The standard InChI is InChI=1S/C31H40N4O4Si/c1-31(2)10-8-21(9-11-31)26-14-22(24-16-28(37)34-29(38)17-24)6-7-23(26)15-27(36)30-33-25(18-32)19-35(30)20-39-12-13-40(3,4)5/h6-8,14,19,24H,9-13,15-17,20H2,1-5H3,(H,34,37,38). The molecule has 2 aromatic rings. The minimum absolute atomic E-state index is 0.122. The summed E-state index contributed by atoms with van der Waals surface area (Å²) >= 11 is 0. The first-order valence-electron chi connectivity index (χ1n) is 14.1. The summed E-state index contributed by atoms with van der Waals surface area (Å²) in [7, 11) is -1.26. The van der Waals surface area contributed by atoms with Gasteiger partial charge in [-0.2, -0.15) is 5.26 Å². The highest BCUT2D eigenvalue weighted by Gasteiger charge is 2.29. The summed E-state index contributed by atoms with van der Waals surface area (Å²) in [6, 6.07) is 8.99. The highest BCUT2D eigenvalue weighted by molar-refractivity contribution is 6.76. The molecule has 2 aliphatic rings. The smallest absolute Gasteiger partial charge is 0.227 e. The number of allylic oxidation sites excluding steroid dienone is 2. The second-order valence-electron chi connectivity index (χ2n) is 13.1. The van der Waals surface area contributed by atoms with Crippen LogP contribution >= 0.6 is 0 Å². The molecule has 0 spiro atoms. The van der Waals surface area contributed by atoms with Crippen molar-refractivity contribution in [3.05, 3.63) is 58.7 Å². The molecule has 212 valence electrons. The van der Waals surface area contributed by atoms with Crippen LogP contribution in [0.3, 0.4) is 0 Å². The minimum Gasteiger partial charge on any atom is -0.361 e. The molecule has 1 saturated heterocycles. The van der Waals surface area contributed by atoms with Crippen molar-refractivity contribution in [2.75, 3.05) is 6.61 Å². The first-order chi connectivity index (χ1) is 18.8. The summed E-state index contributed by atoms with van der Waals surface area (Å²) in [6.45, 7) is 12.1. The maximum atomic E-state index is 13.6. The SMILES string of the molecule is CC1(C)CC=C(c2cc(C3CC(=O)NC(=O)C3)ccc2CC(=O)c2nc(C#N)cn2COCC[Si](C)(C)C)CC1. The number of aromatic nitrogens is 2. The van der Waals surface area contributed by atoms with Crippen molar-refractivity contribution >= 4 is 31.2 Å². The summed E-state index contributed by atoms with van der Waals surface area (Å²) < 4.78 is 7.49. The molecule has 0 unspecified atom stereocenters. The van der Waals surface area contributed by atoms with Crippen molar-refractivity contribution < 1.29 is 19.1 Å². The second kappa shape index (κ2) is 12.0. The molecule has 4 rings (SSSR count). The molecule has 2 heterocycles. The molecule has 1 aromatic carbocycles. The van der Waals surface area contributed by atoms with Gasteiger partial charge in [0.2, 0.25) is 17.6 Å². The number of hydrogen-bond acceptors (Lipinski definition) is 6. The lowest BCUT2D eigenvalue weighted by atomic mass is 9.75. The Morgan fingerprint density at radius 1 is 1.23 bits per heavy atom. The summed E-state index contributed by atoms with van der Waals surface area (Å²) in [4.78, 5) is 42.0. The number of benzene rings is 1. The van der Waals surface area contributed by atoms with Gasteiger partial charge in [-0.3, -0.25) is 19.7 Å². The number of ether oxygens (including phenoxy) is 1. The first-order valence-corrected chi connectivity index (χ1v) is 17.8. The van der Waals surface area contributed by atoms with Gasteiger partial charge < -0.3 is 9.30 Å². The summed E-state index contributed by atoms with van der Waals surface area (Å²) in [5, 5.41) is 11.8. The van der Waals surface area contributed by atoms with Crippen LogP contribution in [0, 0.1) is 16.7 Å². The molecule has 0 bridgehead atoms. The predicted molar refractivity (Wildman–Crippen MR) is 156 cm³/mol. The lowest BCUT2D eigenvalue weighted by Crippen LogP contribution is -2.37. The van der Waals surface area contributed by atoms with Crippen molar-refractivity contribution in [3.8, 4) is 6.07 Å². The molecule has 8 nitrogen and oxygen atoms in total. The summed E-state index contributed by atoms with van der Waals surface area (Å²) in [5.41, 5.74) is 4.39. The zero-order chi connectivity index (χ0) is 29.1. The van der Waals surface area contributed by atoms with E-state index >= 15 is 0 Å². The van der Waals surface area contributed by atoms with Crippen LogP contribution in [0.5, 0.6) is 0 Å². The largest absolute Gasteiger partial charge is 0.361 e. The highest BCUT2D eigenvalue weighted by atomic mass is 28.3. The predicted octanol–water partition coefficient (Wildman–Crippen LogP) is 5.61. The first kappa shape index (κ1) is 29.6. The monoisotopic (exact) mass is 560 g/mol. The zero-order valence-electron chi connectivity index (χ0n) is 24.3. The summed E-state index contributed by atoms with van der Waals surface area (Å²) in [6.07, 6.45) is 7.35. The molecule has 2 amide bonds. The Kier molecular flexibility index (Phi) is 8.91. The van der Waals surface area contributed by atoms with Crippen molar-refractivity contribution in [1.29, 1.82) is 5.26 Å². The van der Waals surface area contributed by atoms with Crippen molar-refractivity contribution in [2.45, 2.75) is 90.7 Å². The van der Waals surface area contributed by atoms with Gasteiger partial charge in [0.1, 0.15) is 12.8 Å². The second-order valence-corrected chi connectivity index (χ2v) is 18.7. The Hall–Kier alpha value is -3.35. The molecular weight excluding hydrogens is 520 g/mol. The molecule has 1 fully saturated rings. The van der Waals surface area contributed by atoms with E-state index in [1.165, 1.54) is 5.57 Å². The molecule has 1 aliphatic heterocycles. The van der Waals surface area contributed by atoms with E-state index in [4.69, 9.17) is 4.74 Å². The van der Waals surface area contributed by atoms with Crippen LogP contribution < -0.4 is 5.32 Å². The number of imide groups is 1. The van der Waals surface area contributed by atoms with Crippen LogP contribution in [0.4, 0.5) is 0 Å². The zero-order valence-corrected chi connectivity index (χ0v) is 25.3. The Bertz CT molecular complexity index is 1360. The number of nitriles is 1. The van der Waals surface area contributed by atoms with E-state index in [9.17, 15) is 19.6 Å². The van der Waals surface area contributed by atoms with E-state index in [1.807, 2.05) is 18.2 Å². The molecule has 0 radical (unpaired) electrons. The van der Waals surface area contributed by atoms with Crippen molar-refractivity contribution in [3.63, 3.8) is 0 Å². The lowest BCUT2D eigenvalue weighted by molar-refractivity contribution is -0.133. The van der Waals surface area contributed by atoms with Crippen LogP contribution in [0.2, 0.25) is 25.7 Å². The molecule has 1 aromatic heterocycles. The van der Waals surface area contributed by atoms with Gasteiger partial charge in [0.05, 0.1) is 0 Å². The van der Waals surface area contributed by atoms with Crippen LogP contribution in [0.1, 0.15) is 84.9 Å². The van der Waals surface area contributed by atoms with Crippen LogP contribution in [0.15, 0.2) is 30.5 Å². The number of imidazole rings is 1. The number of Topliss-reactive ketones (excluding diaryl/α,β-unsaturated/α-hetero) is 1. The Morgan fingerprint density at radius 3 is 2.58 bits per heavy atom. The number of nitrogens with zero attached hydrogens (tertiary/aromatic N) is 3. The van der Waals surface area contributed by atoms with Gasteiger partial charge in [-0.05, 0) is 53.0 Å². The van der Waals surface area contributed by atoms with Crippen LogP contribution in [0.25, 0.3) is 5.57 Å². The number of carbonyl (C=O) groups is 3. The van der Waals surface area contributed by atoms with E-state index in [2.05, 4.69) is 55.9 Å². The third kappa shape index (κ3) is 7.64. The van der Waals surface area contributed by atoms with E-state index in [0.29, 0.717) is 6.61 Å². The van der Waals surface area contributed by atoms with Crippen LogP contribution in [-0.4, -0.2) is 41.8 Å². The van der Waals surface area contributed by atoms with Gasteiger partial charge in [-0.1, -0.05) is 57.8 Å². The number of nitrogens with one attached hydrogen (secondary N) is 1. The van der Waals surface area contributed by atoms with Crippen LogP contribution in [-0.2, 0) is 27.5 Å². The molecule has 9 heteroatoms. The maximum Gasteiger partial charge on any atom is 0.227 e. The fraction of sp³-hybridized carbons (Fsp3) is 0.516. The highest BCUT2D eigenvalue weighted by Crippen LogP contribution is 2.40. The normalized spacial score (nSPS) is 17.8. The fourth-order valence-electron chi connectivity index (χ4n) is 5.22. The van der Waals surface area contributed by atoms with Gasteiger partial charge in [0.25, 0.3) is 0 Å². The minimum atomic E-state index is -1.26. The number of rotatable bonds is 10. The number of piperidine rings is 1. The number of hydrogen-bond donors (Lipinski definition) is 1. The van der Waals surface area contributed by atoms with E-state index in [0.717, 1.165) is 42.0 Å². The van der Waals surface area contributed by atoms with Crippen molar-refractivity contribution in [1.82, 2.24) is 14.9 Å². The topological polar surface area (TPSA) is 114 Å². The van der Waals surface area contributed by atoms with Gasteiger partial charge in [0.15, 0.2) is 11.5 Å². The molecule has 0 saturated carbocycles. The Morgan fingerprint density at radius 2 is 1.95 bits per heavy atom. The van der Waals surface area contributed by atoms with E-state index < -0.39 is 8.07 Å². The molecular formula is C31H40N4O4Si. The Balaban J connectivity index is 1.61. The van der Waals surface area contributed by atoms with Crippen molar-refractivity contribution in [2.24, 2.45) is 5.41 Å². The van der Waals surface area contributed by atoms with E-state index in [-0.39, 0.29) is 66.4 Å². The number of amides is 2. The maximum absolute atomic E-state index is 13.6. The average molecular weight is 561 g/mol. The fourth-order valence-corrected chi connectivity index (χ4v) is 5.98. The molecule has 0 atom stereocenters. The third-order valence-corrected chi connectivity index (χ3v) is 9.49. The number of ketones is 1. The van der Waals surface area contributed by atoms with Gasteiger partial charge in [-0.25, -0.2) is 4.98 Å². The molecule has 1 N–H and O–H groups in total. The molecule has 40 heavy (non-hydrogen) atoms. The average Bonchev–Trinajstić information content (AvgIpc) is 3.29. The van der Waals surface area contributed by atoms with Gasteiger partial charge >= 0.3 is 0 Å². The summed E-state index contributed by atoms with van der Waals surface area (Å²) in [5.74, 6) is -0.669. The quantitative estimate of drug-likeness (QED) is 0.175. The Labute approximate surface area is 237 Å². The van der Waals surface area contributed by atoms with Gasteiger partial charge in [0, 0.05) is 46.1 Å². The lowest BCUT2D eigenvalue weighted by Gasteiger charge is -2.30. The van der Waals surface area contributed by atoms with Gasteiger partial charge in [-0.15, -0.1) is 0 Å². The molecule has 1 aliphatic carbocycles. The third-order valence-electron chi connectivity index (χ3n) is 7.78. The van der Waals surface area contributed by atoms with E-state index in [1.54, 1.807) is 10.8 Å².